The summed E-state index contributed by atoms with van der Waals surface area (Å²) in [4.78, 5) is 11.8. The van der Waals surface area contributed by atoms with E-state index in [-0.39, 0.29) is 0 Å². The van der Waals surface area contributed by atoms with E-state index < -0.39 is 0 Å². The Kier molecular flexibility index (Phi) is 5.42. The van der Waals surface area contributed by atoms with Crippen molar-refractivity contribution in [2.75, 3.05) is 43.6 Å². The lowest BCUT2D eigenvalue weighted by atomic mass is 10.1. The maximum absolute atomic E-state index is 5.11. The van der Waals surface area contributed by atoms with Crippen LogP contribution in [-0.2, 0) is 4.74 Å². The molecule has 0 spiro atoms. The van der Waals surface area contributed by atoms with Gasteiger partial charge in [-0.25, -0.2) is 4.98 Å². The average molecular weight is 312 g/mol. The molecule has 2 aromatic rings. The molecule has 23 heavy (non-hydrogen) atoms. The number of rotatable bonds is 6. The minimum atomic E-state index is 0.656. The van der Waals surface area contributed by atoms with Crippen molar-refractivity contribution >= 4 is 11.8 Å². The van der Waals surface area contributed by atoms with Crippen molar-refractivity contribution in [1.29, 1.82) is 0 Å². The lowest BCUT2D eigenvalue weighted by Crippen LogP contribution is -2.31. The first-order valence-corrected chi connectivity index (χ1v) is 8.29. The van der Waals surface area contributed by atoms with Gasteiger partial charge in [0.2, 0.25) is 5.95 Å². The van der Waals surface area contributed by atoms with Crippen LogP contribution in [0.15, 0.2) is 36.4 Å². The molecule has 1 fully saturated rings. The summed E-state index contributed by atoms with van der Waals surface area (Å²) in [7, 11) is 1.70. The van der Waals surface area contributed by atoms with Gasteiger partial charge in [0, 0.05) is 38.4 Å². The first-order chi connectivity index (χ1) is 11.4. The summed E-state index contributed by atoms with van der Waals surface area (Å²) in [6.07, 6.45) is 3.73. The number of nitrogens with one attached hydrogen (secondary N) is 1. The van der Waals surface area contributed by atoms with Crippen LogP contribution in [0.1, 0.15) is 19.3 Å². The van der Waals surface area contributed by atoms with E-state index in [1.165, 1.54) is 19.3 Å². The second-order valence-electron chi connectivity index (χ2n) is 5.77. The second kappa shape index (κ2) is 7.92. The number of nitrogens with zero attached hydrogens (tertiary/aromatic N) is 3. The minimum absolute atomic E-state index is 0.656. The molecule has 2 heterocycles. The smallest absolute Gasteiger partial charge is 0.227 e. The molecule has 1 aliphatic heterocycles. The van der Waals surface area contributed by atoms with Crippen molar-refractivity contribution < 1.29 is 4.74 Å². The Labute approximate surface area is 137 Å². The quantitative estimate of drug-likeness (QED) is 0.830. The number of benzene rings is 1. The van der Waals surface area contributed by atoms with Crippen LogP contribution in [0.25, 0.3) is 11.3 Å². The third-order valence-electron chi connectivity index (χ3n) is 4.04. The van der Waals surface area contributed by atoms with Gasteiger partial charge >= 0.3 is 0 Å². The monoisotopic (exact) mass is 312 g/mol. The molecule has 5 heteroatoms. The van der Waals surface area contributed by atoms with Gasteiger partial charge in [-0.15, -0.1) is 0 Å². The van der Waals surface area contributed by atoms with Gasteiger partial charge in [0.15, 0.2) is 0 Å². The van der Waals surface area contributed by atoms with Gasteiger partial charge in [0.1, 0.15) is 5.82 Å². The zero-order valence-electron chi connectivity index (χ0n) is 13.7. The Hall–Kier alpha value is -2.14. The van der Waals surface area contributed by atoms with Gasteiger partial charge in [0.25, 0.3) is 0 Å². The molecule has 1 saturated heterocycles. The predicted octanol–water partition coefficient (Wildman–Crippen LogP) is 3.19. The van der Waals surface area contributed by atoms with Crippen molar-refractivity contribution in [2.24, 2.45) is 0 Å². The van der Waals surface area contributed by atoms with E-state index in [2.05, 4.69) is 22.3 Å². The third-order valence-corrected chi connectivity index (χ3v) is 4.04. The Bertz CT molecular complexity index is 612. The van der Waals surface area contributed by atoms with Crippen LogP contribution in [0.5, 0.6) is 0 Å². The van der Waals surface area contributed by atoms with E-state index in [9.17, 15) is 0 Å². The van der Waals surface area contributed by atoms with Crippen LogP contribution < -0.4 is 10.2 Å². The molecule has 1 aromatic carbocycles. The number of anilines is 2. The first kappa shape index (κ1) is 15.7. The molecule has 0 saturated carbocycles. The highest BCUT2D eigenvalue weighted by Gasteiger charge is 2.15. The molecule has 5 nitrogen and oxygen atoms in total. The summed E-state index contributed by atoms with van der Waals surface area (Å²) in [6, 6.07) is 12.3. The lowest BCUT2D eigenvalue weighted by molar-refractivity contribution is 0.210. The van der Waals surface area contributed by atoms with Gasteiger partial charge in [-0.1, -0.05) is 30.3 Å². The molecule has 122 valence electrons. The van der Waals surface area contributed by atoms with Gasteiger partial charge in [-0.2, -0.15) is 4.98 Å². The van der Waals surface area contributed by atoms with Crippen molar-refractivity contribution in [3.63, 3.8) is 0 Å². The number of hydrogen-bond donors (Lipinski definition) is 1. The topological polar surface area (TPSA) is 50.3 Å². The fourth-order valence-electron chi connectivity index (χ4n) is 2.80. The molecule has 1 aromatic heterocycles. The third kappa shape index (κ3) is 4.20. The van der Waals surface area contributed by atoms with Crippen molar-refractivity contribution in [2.45, 2.75) is 19.3 Å². The molecule has 0 amide bonds. The molecule has 0 aliphatic carbocycles. The predicted molar refractivity (Wildman–Crippen MR) is 93.9 cm³/mol. The van der Waals surface area contributed by atoms with Crippen molar-refractivity contribution in [1.82, 2.24) is 9.97 Å². The number of ether oxygens (including phenoxy) is 1. The Morgan fingerprint density at radius 3 is 2.61 bits per heavy atom. The Morgan fingerprint density at radius 1 is 1.09 bits per heavy atom. The van der Waals surface area contributed by atoms with Gasteiger partial charge in [0.05, 0.1) is 12.3 Å². The zero-order chi connectivity index (χ0) is 15.9. The van der Waals surface area contributed by atoms with Crippen LogP contribution in [0.4, 0.5) is 11.8 Å². The van der Waals surface area contributed by atoms with Crippen molar-refractivity contribution in [3.8, 4) is 11.3 Å². The number of aromatic nitrogens is 2. The van der Waals surface area contributed by atoms with Crippen LogP contribution in [0, 0.1) is 0 Å². The summed E-state index contributed by atoms with van der Waals surface area (Å²) in [5, 5.41) is 3.33. The normalized spacial score (nSPS) is 14.7. The molecule has 3 rings (SSSR count). The molecular formula is C18H24N4O. The molecule has 0 bridgehead atoms. The van der Waals surface area contributed by atoms with E-state index >= 15 is 0 Å². The van der Waals surface area contributed by atoms with Crippen LogP contribution in [0.3, 0.4) is 0 Å². The van der Waals surface area contributed by atoms with Crippen LogP contribution in [-0.4, -0.2) is 43.3 Å². The number of piperidine rings is 1. The van der Waals surface area contributed by atoms with Crippen molar-refractivity contribution in [3.05, 3.63) is 36.4 Å². The zero-order valence-corrected chi connectivity index (χ0v) is 13.7. The molecular weight excluding hydrogens is 288 g/mol. The summed E-state index contributed by atoms with van der Waals surface area (Å²) in [6.45, 7) is 3.47. The van der Waals surface area contributed by atoms with Crippen LogP contribution >= 0.6 is 0 Å². The summed E-state index contributed by atoms with van der Waals surface area (Å²) in [5.74, 6) is 1.68. The molecule has 1 aliphatic rings. The van der Waals surface area contributed by atoms with Gasteiger partial charge in [-0.05, 0) is 19.3 Å². The highest BCUT2D eigenvalue weighted by molar-refractivity contribution is 5.64. The number of methoxy groups -OCH3 is 1. The van der Waals surface area contributed by atoms with E-state index in [0.29, 0.717) is 6.61 Å². The minimum Gasteiger partial charge on any atom is -0.383 e. The standard InChI is InChI=1S/C18H24N4O/c1-23-13-10-19-17-14-16(15-8-4-2-5-9-15)20-18(21-17)22-11-6-3-7-12-22/h2,4-5,8-9,14H,3,6-7,10-13H2,1H3,(H,19,20,21). The summed E-state index contributed by atoms with van der Waals surface area (Å²) >= 11 is 0. The van der Waals surface area contributed by atoms with Gasteiger partial charge < -0.3 is 15.0 Å². The Balaban J connectivity index is 1.89. The fourth-order valence-corrected chi connectivity index (χ4v) is 2.80. The highest BCUT2D eigenvalue weighted by atomic mass is 16.5. The first-order valence-electron chi connectivity index (χ1n) is 8.29. The molecule has 0 unspecified atom stereocenters. The average Bonchev–Trinajstić information content (AvgIpc) is 2.63. The maximum Gasteiger partial charge on any atom is 0.227 e. The second-order valence-corrected chi connectivity index (χ2v) is 5.77. The molecule has 1 N–H and O–H groups in total. The summed E-state index contributed by atoms with van der Waals surface area (Å²) < 4.78 is 5.11. The SMILES string of the molecule is COCCNc1cc(-c2ccccc2)nc(N2CCCCC2)n1. The van der Waals surface area contributed by atoms with Crippen LogP contribution in [0.2, 0.25) is 0 Å². The van der Waals surface area contributed by atoms with E-state index in [4.69, 9.17) is 14.7 Å². The largest absolute Gasteiger partial charge is 0.383 e. The van der Waals surface area contributed by atoms with E-state index in [0.717, 1.165) is 42.7 Å². The summed E-state index contributed by atoms with van der Waals surface area (Å²) in [5.41, 5.74) is 2.07. The Morgan fingerprint density at radius 2 is 1.87 bits per heavy atom. The van der Waals surface area contributed by atoms with E-state index in [1.807, 2.05) is 24.3 Å². The lowest BCUT2D eigenvalue weighted by Gasteiger charge is -2.27. The highest BCUT2D eigenvalue weighted by Crippen LogP contribution is 2.24. The molecule has 0 atom stereocenters. The van der Waals surface area contributed by atoms with Gasteiger partial charge in [-0.3, -0.25) is 0 Å². The maximum atomic E-state index is 5.11. The fraction of sp³-hybridized carbons (Fsp3) is 0.444. The number of hydrogen-bond acceptors (Lipinski definition) is 5. The molecule has 0 radical (unpaired) electrons. The van der Waals surface area contributed by atoms with E-state index in [1.54, 1.807) is 7.11 Å².